The third-order valence-electron chi connectivity index (χ3n) is 4.86. The number of carbonyl (C=O) groups excluding carboxylic acids is 1. The minimum atomic E-state index is -0.623. The first kappa shape index (κ1) is 15.6. The van der Waals surface area contributed by atoms with Crippen molar-refractivity contribution in [3.63, 3.8) is 0 Å². The SMILES string of the molecule is CCC(C[C@@]1(C)C(=O)CC[C@@H]1C(C)C)(OC)OC. The molecular formula is C15H28O3. The molecular weight excluding hydrogens is 228 g/mol. The van der Waals surface area contributed by atoms with Gasteiger partial charge in [0.25, 0.3) is 0 Å². The fourth-order valence-corrected chi connectivity index (χ4v) is 3.60. The quantitative estimate of drug-likeness (QED) is 0.683. The predicted octanol–water partition coefficient (Wildman–Crippen LogP) is 3.42. The minimum Gasteiger partial charge on any atom is -0.353 e. The summed E-state index contributed by atoms with van der Waals surface area (Å²) in [6.45, 7) is 8.54. The largest absolute Gasteiger partial charge is 0.353 e. The van der Waals surface area contributed by atoms with E-state index in [9.17, 15) is 4.79 Å². The molecule has 0 amide bonds. The van der Waals surface area contributed by atoms with Gasteiger partial charge in [-0.15, -0.1) is 0 Å². The van der Waals surface area contributed by atoms with Crippen LogP contribution >= 0.6 is 0 Å². The van der Waals surface area contributed by atoms with Gasteiger partial charge in [-0.1, -0.05) is 27.7 Å². The van der Waals surface area contributed by atoms with Crippen molar-refractivity contribution >= 4 is 5.78 Å². The normalized spacial score (nSPS) is 29.3. The van der Waals surface area contributed by atoms with Gasteiger partial charge in [-0.3, -0.25) is 4.79 Å². The van der Waals surface area contributed by atoms with Crippen LogP contribution in [0.1, 0.15) is 53.4 Å². The summed E-state index contributed by atoms with van der Waals surface area (Å²) < 4.78 is 11.1. The van der Waals surface area contributed by atoms with Crippen molar-refractivity contribution in [2.45, 2.75) is 59.2 Å². The number of ether oxygens (including phenoxy) is 2. The molecule has 0 N–H and O–H groups in total. The highest BCUT2D eigenvalue weighted by Crippen LogP contribution is 2.50. The Kier molecular flexibility index (Phi) is 4.96. The second-order valence-electron chi connectivity index (χ2n) is 6.08. The molecule has 2 atom stereocenters. The molecule has 0 aromatic carbocycles. The van der Waals surface area contributed by atoms with Gasteiger partial charge in [-0.25, -0.2) is 0 Å². The number of hydrogen-bond acceptors (Lipinski definition) is 3. The zero-order valence-corrected chi connectivity index (χ0v) is 12.7. The van der Waals surface area contributed by atoms with Crippen LogP contribution in [0.4, 0.5) is 0 Å². The molecule has 0 aromatic rings. The van der Waals surface area contributed by atoms with Crippen LogP contribution in [0.2, 0.25) is 0 Å². The van der Waals surface area contributed by atoms with Gasteiger partial charge in [0, 0.05) is 32.5 Å². The van der Waals surface area contributed by atoms with Gasteiger partial charge in [0.05, 0.1) is 0 Å². The Hall–Kier alpha value is -0.410. The monoisotopic (exact) mass is 256 g/mol. The van der Waals surface area contributed by atoms with Gasteiger partial charge in [0.15, 0.2) is 5.79 Å². The topological polar surface area (TPSA) is 35.5 Å². The highest BCUT2D eigenvalue weighted by Gasteiger charge is 2.51. The summed E-state index contributed by atoms with van der Waals surface area (Å²) in [6.07, 6.45) is 3.12. The lowest BCUT2D eigenvalue weighted by Crippen LogP contribution is -2.44. The molecule has 18 heavy (non-hydrogen) atoms. The summed E-state index contributed by atoms with van der Waals surface area (Å²) in [6, 6.07) is 0. The van der Waals surface area contributed by atoms with E-state index in [1.807, 2.05) is 6.92 Å². The summed E-state index contributed by atoms with van der Waals surface area (Å²) in [5, 5.41) is 0. The van der Waals surface area contributed by atoms with E-state index in [1.165, 1.54) is 0 Å². The molecule has 0 saturated heterocycles. The highest BCUT2D eigenvalue weighted by atomic mass is 16.7. The zero-order chi connectivity index (χ0) is 14.0. The lowest BCUT2D eigenvalue weighted by molar-refractivity contribution is -0.228. The van der Waals surface area contributed by atoms with Crippen molar-refractivity contribution in [1.82, 2.24) is 0 Å². The molecule has 3 heteroatoms. The molecule has 1 aliphatic carbocycles. The summed E-state index contributed by atoms with van der Waals surface area (Å²) in [7, 11) is 3.33. The number of carbonyl (C=O) groups is 1. The van der Waals surface area contributed by atoms with E-state index in [0.29, 0.717) is 30.5 Å². The lowest BCUT2D eigenvalue weighted by atomic mass is 9.69. The number of rotatable bonds is 6. The Morgan fingerprint density at radius 1 is 1.39 bits per heavy atom. The molecule has 106 valence electrons. The van der Waals surface area contributed by atoms with Crippen LogP contribution < -0.4 is 0 Å². The predicted molar refractivity (Wildman–Crippen MR) is 72.3 cm³/mol. The maximum atomic E-state index is 12.3. The first-order chi connectivity index (χ1) is 8.35. The van der Waals surface area contributed by atoms with E-state index >= 15 is 0 Å². The molecule has 0 heterocycles. The molecule has 1 rings (SSSR count). The Bertz CT molecular complexity index is 286. The van der Waals surface area contributed by atoms with Crippen LogP contribution in [0.5, 0.6) is 0 Å². The summed E-state index contributed by atoms with van der Waals surface area (Å²) in [4.78, 5) is 12.3. The van der Waals surface area contributed by atoms with Crippen molar-refractivity contribution in [3.05, 3.63) is 0 Å². The number of ketones is 1. The van der Waals surface area contributed by atoms with Gasteiger partial charge in [-0.05, 0) is 24.7 Å². The fourth-order valence-electron chi connectivity index (χ4n) is 3.60. The van der Waals surface area contributed by atoms with Crippen LogP contribution in [0.25, 0.3) is 0 Å². The molecule has 0 spiro atoms. The summed E-state index contributed by atoms with van der Waals surface area (Å²) in [5.41, 5.74) is -0.309. The van der Waals surface area contributed by atoms with Crippen LogP contribution in [-0.4, -0.2) is 25.8 Å². The zero-order valence-electron chi connectivity index (χ0n) is 12.7. The Balaban J connectivity index is 2.99. The summed E-state index contributed by atoms with van der Waals surface area (Å²) >= 11 is 0. The van der Waals surface area contributed by atoms with Gasteiger partial charge in [-0.2, -0.15) is 0 Å². The molecule has 0 aromatic heterocycles. The second kappa shape index (κ2) is 5.70. The van der Waals surface area contributed by atoms with Crippen LogP contribution in [-0.2, 0) is 14.3 Å². The average molecular weight is 256 g/mol. The number of hydrogen-bond donors (Lipinski definition) is 0. The average Bonchev–Trinajstić information content (AvgIpc) is 2.63. The van der Waals surface area contributed by atoms with E-state index < -0.39 is 5.79 Å². The minimum absolute atomic E-state index is 0.309. The third-order valence-corrected chi connectivity index (χ3v) is 4.86. The van der Waals surface area contributed by atoms with E-state index in [0.717, 1.165) is 12.8 Å². The number of Topliss-reactive ketones (excluding diaryl/α,β-unsaturated/α-hetero) is 1. The van der Waals surface area contributed by atoms with Crippen LogP contribution in [0.3, 0.4) is 0 Å². The first-order valence-corrected chi connectivity index (χ1v) is 6.99. The fraction of sp³-hybridized carbons (Fsp3) is 0.933. The smallest absolute Gasteiger partial charge is 0.168 e. The molecule has 3 nitrogen and oxygen atoms in total. The van der Waals surface area contributed by atoms with Gasteiger partial charge >= 0.3 is 0 Å². The van der Waals surface area contributed by atoms with E-state index in [4.69, 9.17) is 9.47 Å². The van der Waals surface area contributed by atoms with Gasteiger partial charge < -0.3 is 9.47 Å². The van der Waals surface area contributed by atoms with Gasteiger partial charge in [0.2, 0.25) is 0 Å². The summed E-state index contributed by atoms with van der Waals surface area (Å²) in [5.74, 6) is 0.695. The van der Waals surface area contributed by atoms with Crippen molar-refractivity contribution in [2.24, 2.45) is 17.3 Å². The maximum absolute atomic E-state index is 12.3. The standard InChI is InChI=1S/C15H28O3/c1-7-15(17-5,18-6)10-14(4)12(11(2)3)8-9-13(14)16/h11-12H,7-10H2,1-6H3/t12-,14-/m1/s1. The first-order valence-electron chi connectivity index (χ1n) is 6.99. The van der Waals surface area contributed by atoms with Crippen molar-refractivity contribution < 1.29 is 14.3 Å². The Labute approximate surface area is 111 Å². The molecule has 1 fully saturated rings. The Morgan fingerprint density at radius 3 is 2.33 bits per heavy atom. The van der Waals surface area contributed by atoms with Crippen molar-refractivity contribution in [2.75, 3.05) is 14.2 Å². The molecule has 0 unspecified atom stereocenters. The molecule has 0 radical (unpaired) electrons. The molecule has 0 aliphatic heterocycles. The maximum Gasteiger partial charge on any atom is 0.168 e. The van der Waals surface area contributed by atoms with E-state index in [2.05, 4.69) is 20.8 Å². The van der Waals surface area contributed by atoms with Crippen LogP contribution in [0.15, 0.2) is 0 Å². The van der Waals surface area contributed by atoms with Crippen molar-refractivity contribution in [3.8, 4) is 0 Å². The lowest BCUT2D eigenvalue weighted by Gasteiger charge is -2.40. The van der Waals surface area contributed by atoms with E-state index in [1.54, 1.807) is 14.2 Å². The third kappa shape index (κ3) is 2.62. The molecule has 1 saturated carbocycles. The van der Waals surface area contributed by atoms with E-state index in [-0.39, 0.29) is 5.41 Å². The highest BCUT2D eigenvalue weighted by molar-refractivity contribution is 5.87. The molecule has 0 bridgehead atoms. The second-order valence-corrected chi connectivity index (χ2v) is 6.08. The molecule has 1 aliphatic rings. The van der Waals surface area contributed by atoms with Crippen molar-refractivity contribution in [1.29, 1.82) is 0 Å². The Morgan fingerprint density at radius 2 is 1.94 bits per heavy atom. The van der Waals surface area contributed by atoms with Gasteiger partial charge in [0.1, 0.15) is 5.78 Å². The number of methoxy groups -OCH3 is 2. The van der Waals surface area contributed by atoms with Crippen LogP contribution in [0, 0.1) is 17.3 Å².